The number of nitrogens with zero attached hydrogens (tertiary/aromatic N) is 1. The van der Waals surface area contributed by atoms with E-state index in [1.165, 1.54) is 11.3 Å². The third-order valence-electron chi connectivity index (χ3n) is 4.80. The largest absolute Gasteiger partial charge is 0.467 e. The first kappa shape index (κ1) is 19.7. The van der Waals surface area contributed by atoms with E-state index in [0.29, 0.717) is 28.4 Å². The molecule has 0 atom stereocenters. The summed E-state index contributed by atoms with van der Waals surface area (Å²) in [7, 11) is 0. The molecule has 0 bridgehead atoms. The highest BCUT2D eigenvalue weighted by atomic mass is 32.1. The van der Waals surface area contributed by atoms with Crippen molar-refractivity contribution in [3.8, 4) is 6.07 Å². The van der Waals surface area contributed by atoms with Crippen LogP contribution in [0.1, 0.15) is 38.5 Å². The highest BCUT2D eigenvalue weighted by Crippen LogP contribution is 2.38. The number of hydrogen-bond donors (Lipinski definition) is 2. The Morgan fingerprint density at radius 3 is 2.87 bits per heavy atom. The van der Waals surface area contributed by atoms with Crippen LogP contribution in [-0.2, 0) is 28.9 Å². The van der Waals surface area contributed by atoms with E-state index in [1.54, 1.807) is 36.6 Å². The number of furan rings is 1. The molecule has 0 spiro atoms. The number of nitriles is 1. The predicted octanol–water partition coefficient (Wildman–Crippen LogP) is 4.11. The van der Waals surface area contributed by atoms with Crippen LogP contribution >= 0.6 is 11.3 Å². The van der Waals surface area contributed by atoms with Crippen molar-refractivity contribution in [3.63, 3.8) is 0 Å². The lowest BCUT2D eigenvalue weighted by molar-refractivity contribution is -0.119. The molecule has 2 aromatic heterocycles. The Morgan fingerprint density at radius 1 is 1.20 bits per heavy atom. The van der Waals surface area contributed by atoms with E-state index in [1.807, 2.05) is 6.07 Å². The number of hydrogen-bond acceptors (Lipinski definition) is 7. The van der Waals surface area contributed by atoms with Gasteiger partial charge in [-0.3, -0.25) is 4.79 Å². The Balaban J connectivity index is 1.36. The van der Waals surface area contributed by atoms with E-state index in [-0.39, 0.29) is 0 Å². The van der Waals surface area contributed by atoms with Gasteiger partial charge in [0.2, 0.25) is 0 Å². The van der Waals surface area contributed by atoms with E-state index in [9.17, 15) is 14.9 Å². The van der Waals surface area contributed by atoms with E-state index < -0.39 is 18.5 Å². The van der Waals surface area contributed by atoms with Gasteiger partial charge in [-0.25, -0.2) is 4.79 Å². The van der Waals surface area contributed by atoms with Crippen LogP contribution in [0.5, 0.6) is 0 Å². The average molecular weight is 421 g/mol. The molecule has 0 unspecified atom stereocenters. The minimum Gasteiger partial charge on any atom is -0.467 e. The number of thiophene rings is 1. The van der Waals surface area contributed by atoms with Crippen molar-refractivity contribution >= 4 is 33.9 Å². The highest BCUT2D eigenvalue weighted by molar-refractivity contribution is 7.16. The first-order valence-electron chi connectivity index (χ1n) is 9.52. The zero-order valence-corrected chi connectivity index (χ0v) is 16.9. The summed E-state index contributed by atoms with van der Waals surface area (Å²) in [5.74, 6) is -0.351. The number of esters is 1. The number of fused-ring (bicyclic) bond motifs is 1. The average Bonchev–Trinajstić information content (AvgIpc) is 3.48. The number of rotatable bonds is 7. The van der Waals surface area contributed by atoms with Crippen molar-refractivity contribution in [1.82, 2.24) is 0 Å². The monoisotopic (exact) mass is 421 g/mol. The normalized spacial score (nSPS) is 12.1. The van der Waals surface area contributed by atoms with Crippen LogP contribution in [0.15, 0.2) is 47.1 Å². The van der Waals surface area contributed by atoms with Gasteiger partial charge in [0.25, 0.3) is 5.91 Å². The van der Waals surface area contributed by atoms with Gasteiger partial charge in [-0.15, -0.1) is 11.3 Å². The number of carbonyl (C=O) groups is 2. The number of para-hydroxylation sites is 1. The number of aryl methyl sites for hydroxylation is 1. The SMILES string of the molecule is N#Cc1c(NC(=O)COC(=O)c2ccccc2NCc2ccco2)sc2c1CCC2. The zero-order chi connectivity index (χ0) is 20.9. The van der Waals surface area contributed by atoms with Crippen molar-refractivity contribution in [1.29, 1.82) is 5.26 Å². The zero-order valence-electron chi connectivity index (χ0n) is 16.1. The minimum absolute atomic E-state index is 0.324. The molecule has 1 aliphatic rings. The molecule has 2 N–H and O–H groups in total. The van der Waals surface area contributed by atoms with Crippen molar-refractivity contribution in [3.05, 3.63) is 70.0 Å². The molecule has 8 heteroatoms. The summed E-state index contributed by atoms with van der Waals surface area (Å²) in [6.45, 7) is -0.0173. The number of benzene rings is 1. The highest BCUT2D eigenvalue weighted by Gasteiger charge is 2.23. The second kappa shape index (κ2) is 8.84. The topological polar surface area (TPSA) is 104 Å². The molecule has 0 aliphatic heterocycles. The van der Waals surface area contributed by atoms with E-state index >= 15 is 0 Å². The van der Waals surface area contributed by atoms with Crippen LogP contribution in [0.2, 0.25) is 0 Å². The van der Waals surface area contributed by atoms with E-state index in [0.717, 1.165) is 35.5 Å². The van der Waals surface area contributed by atoms with Crippen molar-refractivity contribution in [2.75, 3.05) is 17.2 Å². The van der Waals surface area contributed by atoms with E-state index in [4.69, 9.17) is 9.15 Å². The molecular formula is C22H19N3O4S. The van der Waals surface area contributed by atoms with Crippen LogP contribution in [0.3, 0.4) is 0 Å². The second-order valence-corrected chi connectivity index (χ2v) is 7.88. The van der Waals surface area contributed by atoms with Crippen LogP contribution in [0.4, 0.5) is 10.7 Å². The Morgan fingerprint density at radius 2 is 2.07 bits per heavy atom. The minimum atomic E-state index is -0.609. The Labute approximate surface area is 177 Å². The molecule has 30 heavy (non-hydrogen) atoms. The smallest absolute Gasteiger partial charge is 0.340 e. The summed E-state index contributed by atoms with van der Waals surface area (Å²) in [5, 5.41) is 15.8. The Hall–Kier alpha value is -3.57. The third-order valence-corrected chi connectivity index (χ3v) is 6.01. The fourth-order valence-corrected chi connectivity index (χ4v) is 4.65. The molecule has 0 saturated heterocycles. The number of anilines is 2. The van der Waals surface area contributed by atoms with Gasteiger partial charge >= 0.3 is 5.97 Å². The molecule has 0 radical (unpaired) electrons. The van der Waals surface area contributed by atoms with Crippen LogP contribution in [-0.4, -0.2) is 18.5 Å². The lowest BCUT2D eigenvalue weighted by Gasteiger charge is -2.11. The molecule has 4 rings (SSSR count). The molecule has 1 aromatic carbocycles. The maximum atomic E-state index is 12.5. The molecule has 2 heterocycles. The second-order valence-electron chi connectivity index (χ2n) is 6.78. The van der Waals surface area contributed by atoms with Gasteiger partial charge in [-0.2, -0.15) is 5.26 Å². The number of nitrogens with one attached hydrogen (secondary N) is 2. The maximum Gasteiger partial charge on any atom is 0.340 e. The fourth-order valence-electron chi connectivity index (χ4n) is 3.39. The first-order valence-corrected chi connectivity index (χ1v) is 10.3. The van der Waals surface area contributed by atoms with Gasteiger partial charge in [0, 0.05) is 10.6 Å². The van der Waals surface area contributed by atoms with Crippen LogP contribution in [0.25, 0.3) is 0 Å². The van der Waals surface area contributed by atoms with Gasteiger partial charge in [0.15, 0.2) is 6.61 Å². The summed E-state index contributed by atoms with van der Waals surface area (Å²) in [6, 6.07) is 12.7. The van der Waals surface area contributed by atoms with E-state index in [2.05, 4.69) is 16.7 Å². The number of amides is 1. The standard InChI is InChI=1S/C22H19N3O4S/c23-11-17-15-7-3-9-19(15)30-21(17)25-20(26)13-29-22(27)16-6-1-2-8-18(16)24-12-14-5-4-10-28-14/h1-2,4-6,8,10,24H,3,7,9,12-13H2,(H,25,26). The molecular weight excluding hydrogens is 402 g/mol. The lowest BCUT2D eigenvalue weighted by atomic mass is 10.1. The molecule has 7 nitrogen and oxygen atoms in total. The number of ether oxygens (including phenoxy) is 1. The molecule has 0 fully saturated rings. The summed E-state index contributed by atoms with van der Waals surface area (Å²) >= 11 is 1.43. The summed E-state index contributed by atoms with van der Waals surface area (Å²) in [4.78, 5) is 25.9. The van der Waals surface area contributed by atoms with Crippen molar-refractivity contribution in [2.45, 2.75) is 25.8 Å². The molecule has 1 amide bonds. The predicted molar refractivity (Wildman–Crippen MR) is 112 cm³/mol. The van der Waals surface area contributed by atoms with Gasteiger partial charge < -0.3 is 19.8 Å². The molecule has 152 valence electrons. The Bertz CT molecular complexity index is 1110. The van der Waals surface area contributed by atoms with Gasteiger partial charge in [-0.1, -0.05) is 12.1 Å². The number of carbonyl (C=O) groups excluding carboxylic acids is 2. The van der Waals surface area contributed by atoms with Crippen molar-refractivity contribution in [2.24, 2.45) is 0 Å². The molecule has 3 aromatic rings. The summed E-state index contributed by atoms with van der Waals surface area (Å²) in [5.41, 5.74) is 2.47. The van der Waals surface area contributed by atoms with Crippen molar-refractivity contribution < 1.29 is 18.7 Å². The Kier molecular flexibility index (Phi) is 5.82. The van der Waals surface area contributed by atoms with Gasteiger partial charge in [0.05, 0.1) is 23.9 Å². The lowest BCUT2D eigenvalue weighted by Crippen LogP contribution is -2.21. The van der Waals surface area contributed by atoms with Crippen LogP contribution in [0, 0.1) is 11.3 Å². The molecule has 0 saturated carbocycles. The third kappa shape index (κ3) is 4.21. The first-order chi connectivity index (χ1) is 14.7. The fraction of sp³-hybridized carbons (Fsp3) is 0.227. The summed E-state index contributed by atoms with van der Waals surface area (Å²) < 4.78 is 10.5. The molecule has 1 aliphatic carbocycles. The summed E-state index contributed by atoms with van der Waals surface area (Å²) in [6.07, 6.45) is 4.41. The van der Waals surface area contributed by atoms with Gasteiger partial charge in [0.1, 0.15) is 16.8 Å². The maximum absolute atomic E-state index is 12.5. The van der Waals surface area contributed by atoms with Gasteiger partial charge in [-0.05, 0) is 49.1 Å². The van der Waals surface area contributed by atoms with Crippen LogP contribution < -0.4 is 10.6 Å². The quantitative estimate of drug-likeness (QED) is 0.557.